The fourth-order valence-electron chi connectivity index (χ4n) is 2.36. The topological polar surface area (TPSA) is 68.7 Å². The summed E-state index contributed by atoms with van der Waals surface area (Å²) in [5.41, 5.74) is 0.360. The molecule has 2 aromatic rings. The highest BCUT2D eigenvalue weighted by atomic mass is 19.1. The number of amides is 1. The molecule has 22 heavy (non-hydrogen) atoms. The predicted octanol–water partition coefficient (Wildman–Crippen LogP) is 2.05. The first-order valence-corrected chi connectivity index (χ1v) is 6.69. The molecule has 6 nitrogen and oxygen atoms in total. The van der Waals surface area contributed by atoms with Gasteiger partial charge in [-0.25, -0.2) is 14.2 Å². The van der Waals surface area contributed by atoms with Gasteiger partial charge < -0.3 is 9.47 Å². The van der Waals surface area contributed by atoms with Gasteiger partial charge in [0.2, 0.25) is 0 Å². The van der Waals surface area contributed by atoms with Crippen molar-refractivity contribution >= 4 is 28.7 Å². The Labute approximate surface area is 125 Å². The van der Waals surface area contributed by atoms with Gasteiger partial charge in [-0.3, -0.25) is 9.69 Å². The number of hydrogen-bond acceptors (Lipinski definition) is 5. The summed E-state index contributed by atoms with van der Waals surface area (Å²) < 4.78 is 23.0. The first-order chi connectivity index (χ1) is 10.6. The van der Waals surface area contributed by atoms with E-state index in [1.54, 1.807) is 12.1 Å². The first kappa shape index (κ1) is 14.2. The molecule has 1 saturated heterocycles. The van der Waals surface area contributed by atoms with Gasteiger partial charge in [0.05, 0.1) is 25.8 Å². The maximum Gasteiger partial charge on any atom is 0.415 e. The van der Waals surface area contributed by atoms with Gasteiger partial charge in [0, 0.05) is 5.39 Å². The van der Waals surface area contributed by atoms with Crippen LogP contribution >= 0.6 is 0 Å². The largest absolute Gasteiger partial charge is 0.469 e. The number of cyclic esters (lactones) is 1. The highest BCUT2D eigenvalue weighted by Gasteiger charge is 2.26. The predicted molar refractivity (Wildman–Crippen MR) is 76.1 cm³/mol. The van der Waals surface area contributed by atoms with Gasteiger partial charge in [-0.15, -0.1) is 0 Å². The third kappa shape index (κ3) is 2.57. The van der Waals surface area contributed by atoms with E-state index in [9.17, 15) is 14.0 Å². The summed E-state index contributed by atoms with van der Waals surface area (Å²) in [5, 5.41) is 1.20. The van der Waals surface area contributed by atoms with Crippen molar-refractivity contribution in [1.82, 2.24) is 4.98 Å². The van der Waals surface area contributed by atoms with Crippen LogP contribution in [0.15, 0.2) is 24.3 Å². The Kier molecular flexibility index (Phi) is 3.62. The molecule has 7 heteroatoms. The number of anilines is 1. The van der Waals surface area contributed by atoms with E-state index in [0.29, 0.717) is 28.8 Å². The monoisotopic (exact) mass is 304 g/mol. The number of carbonyl (C=O) groups is 2. The Morgan fingerprint density at radius 1 is 1.45 bits per heavy atom. The Balaban J connectivity index is 2.13. The van der Waals surface area contributed by atoms with Crippen LogP contribution < -0.4 is 4.90 Å². The van der Waals surface area contributed by atoms with Crippen molar-refractivity contribution in [2.24, 2.45) is 0 Å². The van der Waals surface area contributed by atoms with Crippen LogP contribution in [-0.2, 0) is 20.7 Å². The fraction of sp³-hybridized carbons (Fsp3) is 0.267. The lowest BCUT2D eigenvalue weighted by Gasteiger charge is -2.15. The number of aromatic nitrogens is 1. The molecule has 1 aromatic heterocycles. The first-order valence-electron chi connectivity index (χ1n) is 6.69. The van der Waals surface area contributed by atoms with Crippen LogP contribution in [0, 0.1) is 5.82 Å². The molecular weight excluding hydrogens is 291 g/mol. The van der Waals surface area contributed by atoms with Crippen LogP contribution in [0.4, 0.5) is 15.0 Å². The third-order valence-electron chi connectivity index (χ3n) is 3.44. The summed E-state index contributed by atoms with van der Waals surface area (Å²) in [6, 6.07) is 5.88. The van der Waals surface area contributed by atoms with Gasteiger partial charge in [-0.05, 0) is 23.6 Å². The lowest BCUT2D eigenvalue weighted by Crippen LogP contribution is -2.25. The van der Waals surface area contributed by atoms with E-state index in [1.807, 2.05) is 0 Å². The number of halogens is 1. The molecule has 0 N–H and O–H groups in total. The van der Waals surface area contributed by atoms with Crippen LogP contribution in [0.1, 0.15) is 5.69 Å². The van der Waals surface area contributed by atoms with Crippen molar-refractivity contribution in [2.75, 3.05) is 25.2 Å². The Morgan fingerprint density at radius 3 is 2.95 bits per heavy atom. The molecule has 0 unspecified atom stereocenters. The van der Waals surface area contributed by atoms with Crippen LogP contribution in [0.2, 0.25) is 0 Å². The standard InChI is InChI=1S/C15H13FN2O4/c1-21-14(19)8-12-11-7-10(16)3-2-9(11)6-13(17-12)18-4-5-22-15(18)20/h2-3,6-7H,4-5,8H2,1H3. The molecule has 1 aliphatic heterocycles. The number of pyridine rings is 1. The zero-order valence-corrected chi connectivity index (χ0v) is 11.8. The van der Waals surface area contributed by atoms with Gasteiger partial charge >= 0.3 is 12.1 Å². The number of methoxy groups -OCH3 is 1. The maximum absolute atomic E-state index is 13.5. The number of rotatable bonds is 3. The lowest BCUT2D eigenvalue weighted by molar-refractivity contribution is -0.139. The Morgan fingerprint density at radius 2 is 2.27 bits per heavy atom. The summed E-state index contributed by atoms with van der Waals surface area (Å²) in [6.45, 7) is 0.671. The fourth-order valence-corrected chi connectivity index (χ4v) is 2.36. The summed E-state index contributed by atoms with van der Waals surface area (Å²) in [4.78, 5) is 28.9. The summed E-state index contributed by atoms with van der Waals surface area (Å²) in [5.74, 6) is -0.534. The lowest BCUT2D eigenvalue weighted by atomic mass is 10.1. The van der Waals surface area contributed by atoms with Crippen LogP contribution in [0.3, 0.4) is 0 Å². The number of hydrogen-bond donors (Lipinski definition) is 0. The van der Waals surface area contributed by atoms with Crippen molar-refractivity contribution in [3.63, 3.8) is 0 Å². The molecule has 1 aromatic carbocycles. The SMILES string of the molecule is COC(=O)Cc1nc(N2CCOC2=O)cc2ccc(F)cc12. The normalized spacial score (nSPS) is 14.3. The van der Waals surface area contributed by atoms with E-state index >= 15 is 0 Å². The zero-order chi connectivity index (χ0) is 15.7. The molecule has 1 fully saturated rings. The summed E-state index contributed by atoms with van der Waals surface area (Å²) in [6.07, 6.45) is -0.592. The number of benzene rings is 1. The second-order valence-electron chi connectivity index (χ2n) is 4.81. The molecule has 114 valence electrons. The van der Waals surface area contributed by atoms with Gasteiger partial charge in [-0.2, -0.15) is 0 Å². The second-order valence-corrected chi connectivity index (χ2v) is 4.81. The van der Waals surface area contributed by atoms with Gasteiger partial charge in [-0.1, -0.05) is 6.07 Å². The summed E-state index contributed by atoms with van der Waals surface area (Å²) >= 11 is 0. The van der Waals surface area contributed by atoms with Gasteiger partial charge in [0.1, 0.15) is 18.2 Å². The molecule has 0 atom stereocenters. The highest BCUT2D eigenvalue weighted by molar-refractivity contribution is 5.94. The van der Waals surface area contributed by atoms with E-state index in [1.165, 1.54) is 24.1 Å². The summed E-state index contributed by atoms with van der Waals surface area (Å²) in [7, 11) is 1.27. The molecule has 3 rings (SSSR count). The van der Waals surface area contributed by atoms with Crippen molar-refractivity contribution in [3.8, 4) is 0 Å². The third-order valence-corrected chi connectivity index (χ3v) is 3.44. The Hall–Kier alpha value is -2.70. The van der Waals surface area contributed by atoms with Crippen LogP contribution in [-0.4, -0.2) is 37.3 Å². The average molecular weight is 304 g/mol. The second kappa shape index (κ2) is 5.59. The van der Waals surface area contributed by atoms with E-state index in [2.05, 4.69) is 9.72 Å². The number of esters is 1. The number of ether oxygens (including phenoxy) is 2. The molecule has 1 amide bonds. The van der Waals surface area contributed by atoms with E-state index in [0.717, 1.165) is 0 Å². The quantitative estimate of drug-likeness (QED) is 0.812. The highest BCUT2D eigenvalue weighted by Crippen LogP contribution is 2.26. The average Bonchev–Trinajstić information content (AvgIpc) is 2.93. The van der Waals surface area contributed by atoms with Crippen LogP contribution in [0.25, 0.3) is 10.8 Å². The molecule has 0 bridgehead atoms. The van der Waals surface area contributed by atoms with E-state index in [4.69, 9.17) is 4.74 Å². The van der Waals surface area contributed by atoms with E-state index in [-0.39, 0.29) is 13.0 Å². The molecule has 0 saturated carbocycles. The smallest absolute Gasteiger partial charge is 0.415 e. The molecule has 2 heterocycles. The van der Waals surface area contributed by atoms with Gasteiger partial charge in [0.25, 0.3) is 0 Å². The minimum absolute atomic E-state index is 0.104. The van der Waals surface area contributed by atoms with Crippen molar-refractivity contribution in [1.29, 1.82) is 0 Å². The van der Waals surface area contributed by atoms with Gasteiger partial charge in [0.15, 0.2) is 0 Å². The van der Waals surface area contributed by atoms with Crippen molar-refractivity contribution in [2.45, 2.75) is 6.42 Å². The Bertz CT molecular complexity index is 763. The van der Waals surface area contributed by atoms with Crippen molar-refractivity contribution in [3.05, 3.63) is 35.8 Å². The molecule has 0 radical (unpaired) electrons. The minimum atomic E-state index is -0.488. The number of carbonyl (C=O) groups excluding carboxylic acids is 2. The minimum Gasteiger partial charge on any atom is -0.469 e. The number of nitrogens with zero attached hydrogens (tertiary/aromatic N) is 2. The van der Waals surface area contributed by atoms with E-state index < -0.39 is 17.9 Å². The molecular formula is C15H13FN2O4. The zero-order valence-electron chi connectivity index (χ0n) is 11.8. The number of fused-ring (bicyclic) bond motifs is 1. The molecule has 0 aliphatic carbocycles. The maximum atomic E-state index is 13.5. The van der Waals surface area contributed by atoms with Crippen LogP contribution in [0.5, 0.6) is 0 Å². The molecule has 1 aliphatic rings. The molecule has 0 spiro atoms. The van der Waals surface area contributed by atoms with Crippen molar-refractivity contribution < 1.29 is 23.5 Å².